The smallest absolute Gasteiger partial charge is 0.257 e. The zero-order valence-electron chi connectivity index (χ0n) is 22.7. The molecule has 0 amide bonds. The minimum absolute atomic E-state index is 0.0768. The minimum Gasteiger partial charge on any atom is -0.257 e. The quantitative estimate of drug-likeness (QED) is 0.315. The zero-order chi connectivity index (χ0) is 26.5. The molecule has 2 rings (SSSR count). The summed E-state index contributed by atoms with van der Waals surface area (Å²) in [4.78, 5) is 9.60. The lowest BCUT2D eigenvalue weighted by atomic mass is 9.92. The van der Waals surface area contributed by atoms with Gasteiger partial charge in [-0.2, -0.15) is 13.2 Å². The minimum atomic E-state index is -4.34. The van der Waals surface area contributed by atoms with Gasteiger partial charge in [-0.15, -0.1) is 0 Å². The van der Waals surface area contributed by atoms with E-state index in [1.807, 2.05) is 58.9 Å². The molecule has 0 aliphatic heterocycles. The number of halogens is 3. The molecule has 35 heavy (non-hydrogen) atoms. The van der Waals surface area contributed by atoms with Crippen LogP contribution < -0.4 is 0 Å². The van der Waals surface area contributed by atoms with Gasteiger partial charge in [-0.05, 0) is 52.8 Å². The maximum atomic E-state index is 13.6. The molecular weight excluding hydrogens is 445 g/mol. The number of para-hydroxylation sites is 2. The van der Waals surface area contributed by atoms with Crippen molar-refractivity contribution in [3.8, 4) is 0 Å². The first-order valence-electron chi connectivity index (χ1n) is 12.6. The summed E-state index contributed by atoms with van der Waals surface area (Å²) in [7, 11) is 0. The van der Waals surface area contributed by atoms with Crippen LogP contribution in [0.15, 0.2) is 46.4 Å². The van der Waals surface area contributed by atoms with Crippen molar-refractivity contribution in [3.63, 3.8) is 0 Å². The Morgan fingerprint density at radius 1 is 0.657 bits per heavy atom. The van der Waals surface area contributed by atoms with E-state index in [0.717, 1.165) is 27.9 Å². The van der Waals surface area contributed by atoms with E-state index in [-0.39, 0.29) is 35.8 Å². The van der Waals surface area contributed by atoms with Crippen molar-refractivity contribution in [2.24, 2.45) is 9.98 Å². The van der Waals surface area contributed by atoms with Crippen LogP contribution >= 0.6 is 0 Å². The van der Waals surface area contributed by atoms with Crippen LogP contribution in [-0.4, -0.2) is 17.6 Å². The van der Waals surface area contributed by atoms with Crippen LogP contribution in [0.4, 0.5) is 24.5 Å². The van der Waals surface area contributed by atoms with Gasteiger partial charge in [-0.3, -0.25) is 9.98 Å². The normalized spacial score (nSPS) is 13.6. The third kappa shape index (κ3) is 8.05. The number of nitrogens with zero attached hydrogens (tertiary/aromatic N) is 2. The molecule has 0 saturated carbocycles. The summed E-state index contributed by atoms with van der Waals surface area (Å²) in [6.45, 7) is 18.4. The molecule has 0 fully saturated rings. The van der Waals surface area contributed by atoms with E-state index >= 15 is 0 Å². The molecular formula is C30H41F3N2. The Kier molecular flexibility index (Phi) is 9.88. The van der Waals surface area contributed by atoms with E-state index in [0.29, 0.717) is 11.4 Å². The fourth-order valence-corrected chi connectivity index (χ4v) is 4.34. The Labute approximate surface area is 209 Å². The largest absolute Gasteiger partial charge is 0.394 e. The van der Waals surface area contributed by atoms with Crippen molar-refractivity contribution in [2.45, 2.75) is 105 Å². The second-order valence-electron chi connectivity index (χ2n) is 10.7. The molecule has 2 aromatic rings. The molecule has 0 unspecified atom stereocenters. The Bertz CT molecular complexity index is 1010. The van der Waals surface area contributed by atoms with Gasteiger partial charge < -0.3 is 0 Å². The summed E-state index contributed by atoms with van der Waals surface area (Å²) in [6.07, 6.45) is -5.32. The fourth-order valence-electron chi connectivity index (χ4n) is 4.34. The number of aliphatic imine (C=N–C) groups is 2. The molecule has 5 heteroatoms. The molecule has 0 radical (unpaired) electrons. The van der Waals surface area contributed by atoms with E-state index < -0.39 is 12.6 Å². The monoisotopic (exact) mass is 486 g/mol. The molecule has 0 spiro atoms. The molecule has 0 bridgehead atoms. The summed E-state index contributed by atoms with van der Waals surface area (Å²) >= 11 is 0. The Morgan fingerprint density at radius 3 is 1.31 bits per heavy atom. The van der Waals surface area contributed by atoms with Gasteiger partial charge in [0.05, 0.1) is 17.8 Å². The van der Waals surface area contributed by atoms with E-state index in [1.54, 1.807) is 0 Å². The summed E-state index contributed by atoms with van der Waals surface area (Å²) in [5.41, 5.74) is 6.45. The number of hydrogen-bond acceptors (Lipinski definition) is 2. The number of alkyl halides is 3. The third-order valence-electron chi connectivity index (χ3n) is 6.12. The number of rotatable bonds is 9. The van der Waals surface area contributed by atoms with Gasteiger partial charge >= 0.3 is 6.18 Å². The average Bonchev–Trinajstić information content (AvgIpc) is 2.71. The summed E-state index contributed by atoms with van der Waals surface area (Å²) in [6, 6.07) is 12.1. The van der Waals surface area contributed by atoms with Crippen LogP contribution in [-0.2, 0) is 0 Å². The molecule has 0 aliphatic rings. The highest BCUT2D eigenvalue weighted by molar-refractivity contribution is 6.05. The van der Waals surface area contributed by atoms with Gasteiger partial charge in [0.1, 0.15) is 0 Å². The highest BCUT2D eigenvalue weighted by Crippen LogP contribution is 2.37. The molecule has 0 saturated heterocycles. The van der Waals surface area contributed by atoms with Crippen molar-refractivity contribution in [1.82, 2.24) is 0 Å². The topological polar surface area (TPSA) is 24.7 Å². The molecule has 0 atom stereocenters. The molecule has 0 aliphatic carbocycles. The highest BCUT2D eigenvalue weighted by atomic mass is 19.4. The van der Waals surface area contributed by atoms with Crippen molar-refractivity contribution < 1.29 is 13.2 Å². The van der Waals surface area contributed by atoms with Crippen LogP contribution in [0.25, 0.3) is 0 Å². The van der Waals surface area contributed by atoms with Gasteiger partial charge in [-0.1, -0.05) is 91.8 Å². The summed E-state index contributed by atoms with van der Waals surface area (Å²) in [5, 5.41) is 0. The van der Waals surface area contributed by atoms with Gasteiger partial charge in [0, 0.05) is 17.8 Å². The van der Waals surface area contributed by atoms with E-state index in [9.17, 15) is 13.2 Å². The fraction of sp³-hybridized carbons (Fsp3) is 0.533. The lowest BCUT2D eigenvalue weighted by Crippen LogP contribution is -2.17. The Hall–Kier alpha value is -2.43. The first-order chi connectivity index (χ1) is 16.2. The number of benzene rings is 2. The molecule has 192 valence electrons. The first kappa shape index (κ1) is 28.8. The maximum Gasteiger partial charge on any atom is 0.394 e. The highest BCUT2D eigenvalue weighted by Gasteiger charge is 2.30. The summed E-state index contributed by atoms with van der Waals surface area (Å²) < 4.78 is 40.9. The Morgan fingerprint density at radius 2 is 1.00 bits per heavy atom. The molecule has 0 N–H and O–H groups in total. The van der Waals surface area contributed by atoms with E-state index in [1.165, 1.54) is 0 Å². The maximum absolute atomic E-state index is 13.6. The van der Waals surface area contributed by atoms with Gasteiger partial charge in [0.25, 0.3) is 0 Å². The number of hydrogen-bond donors (Lipinski definition) is 0. The standard InChI is InChI=1S/C30H41F3N2/c1-18(2)24-12-10-13-25(19(3)4)28(24)34-22(9)16-23(17-30(31,32)33)35-29-26(20(5)6)14-11-15-27(29)21(7)8/h10-15,18-21H,16-17H2,1-9H3/b34-22+,35-23+. The van der Waals surface area contributed by atoms with Crippen molar-refractivity contribution in [1.29, 1.82) is 0 Å². The van der Waals surface area contributed by atoms with E-state index in [4.69, 9.17) is 9.98 Å². The molecule has 0 heterocycles. The lowest BCUT2D eigenvalue weighted by molar-refractivity contribution is -0.121. The van der Waals surface area contributed by atoms with Crippen LogP contribution in [0.5, 0.6) is 0 Å². The van der Waals surface area contributed by atoms with Crippen molar-refractivity contribution >= 4 is 22.8 Å². The predicted octanol–water partition coefficient (Wildman–Crippen LogP) is 10.4. The molecule has 2 nitrogen and oxygen atoms in total. The first-order valence-corrected chi connectivity index (χ1v) is 12.6. The molecule has 2 aromatic carbocycles. The Balaban J connectivity index is 2.64. The van der Waals surface area contributed by atoms with Crippen LogP contribution in [0, 0.1) is 0 Å². The second kappa shape index (κ2) is 12.0. The van der Waals surface area contributed by atoms with E-state index in [2.05, 4.69) is 39.8 Å². The van der Waals surface area contributed by atoms with Crippen LogP contribution in [0.1, 0.15) is 121 Å². The van der Waals surface area contributed by atoms with Crippen LogP contribution in [0.2, 0.25) is 0 Å². The predicted molar refractivity (Wildman–Crippen MR) is 144 cm³/mol. The third-order valence-corrected chi connectivity index (χ3v) is 6.12. The SMILES string of the molecule is C/C(C/C(CC(F)(F)F)=N\c1c(C(C)C)cccc1C(C)C)=N\c1c(C(C)C)cccc1C(C)C. The zero-order valence-corrected chi connectivity index (χ0v) is 22.7. The van der Waals surface area contributed by atoms with Crippen molar-refractivity contribution in [2.75, 3.05) is 0 Å². The van der Waals surface area contributed by atoms with Gasteiger partial charge in [0.15, 0.2) is 0 Å². The average molecular weight is 487 g/mol. The second-order valence-corrected chi connectivity index (χ2v) is 10.7. The van der Waals surface area contributed by atoms with Crippen LogP contribution in [0.3, 0.4) is 0 Å². The molecule has 0 aromatic heterocycles. The van der Waals surface area contributed by atoms with Gasteiger partial charge in [-0.25, -0.2) is 0 Å². The summed E-state index contributed by atoms with van der Waals surface area (Å²) in [5.74, 6) is 0.826. The van der Waals surface area contributed by atoms with Crippen molar-refractivity contribution in [3.05, 3.63) is 58.7 Å². The van der Waals surface area contributed by atoms with Gasteiger partial charge in [0.2, 0.25) is 0 Å². The lowest BCUT2D eigenvalue weighted by Gasteiger charge is -2.19.